The molecular weight excluding hydrogens is 617 g/mol. The molecule has 0 fully saturated rings. The smallest absolute Gasteiger partial charge is 0.317 e. The third-order valence-electron chi connectivity index (χ3n) is 10.3. The highest BCUT2D eigenvalue weighted by molar-refractivity contribution is 5.89. The maximum atomic E-state index is 9.97. The Morgan fingerprint density at radius 3 is 1.37 bits per heavy atom. The molecule has 2 aromatic carbocycles. The van der Waals surface area contributed by atoms with Crippen LogP contribution in [0.5, 0.6) is 0 Å². The fraction of sp³-hybridized carbons (Fsp3) is 0.633. The first-order chi connectivity index (χ1) is 25.0. The zero-order valence-corrected chi connectivity index (χ0v) is 34.5. The van der Waals surface area contributed by atoms with E-state index in [2.05, 4.69) is 102 Å². The Labute approximate surface area is 315 Å². The van der Waals surface area contributed by atoms with Crippen LogP contribution in [0.1, 0.15) is 209 Å². The lowest BCUT2D eigenvalue weighted by Gasteiger charge is -2.24. The molecule has 0 saturated heterocycles. The maximum Gasteiger partial charge on any atom is 0.317 e. The van der Waals surface area contributed by atoms with Crippen molar-refractivity contribution in [1.29, 1.82) is 0 Å². The van der Waals surface area contributed by atoms with Gasteiger partial charge in [0.1, 0.15) is 0 Å². The van der Waals surface area contributed by atoms with Gasteiger partial charge in [-0.1, -0.05) is 162 Å². The molecule has 0 radical (unpaired) electrons. The molecule has 2 nitrogen and oxygen atoms in total. The zero-order valence-electron chi connectivity index (χ0n) is 34.5. The van der Waals surface area contributed by atoms with Crippen molar-refractivity contribution < 1.29 is 4.79 Å². The van der Waals surface area contributed by atoms with Crippen molar-refractivity contribution in [2.45, 2.75) is 203 Å². The molecule has 0 aliphatic carbocycles. The quantitative estimate of drug-likeness (QED) is 0.0248. The summed E-state index contributed by atoms with van der Waals surface area (Å²) in [6, 6.07) is 10.2. The topological polar surface area (TPSA) is 36.4 Å². The molecule has 0 amide bonds. The van der Waals surface area contributed by atoms with Gasteiger partial charge in [-0.2, -0.15) is 0 Å². The molecule has 280 valence electrons. The third kappa shape index (κ3) is 14.4. The number of aryl methyl sites for hydroxylation is 4. The fourth-order valence-electron chi connectivity index (χ4n) is 7.73. The minimum absolute atomic E-state index is 0.740. The Balaban J connectivity index is 3.25. The predicted octanol–water partition coefficient (Wildman–Crippen LogP) is 14.4. The van der Waals surface area contributed by atoms with Gasteiger partial charge in [0.25, 0.3) is 0 Å². The van der Waals surface area contributed by atoms with Gasteiger partial charge in [-0.05, 0) is 126 Å². The molecule has 2 rings (SSSR count). The summed E-state index contributed by atoms with van der Waals surface area (Å²) in [5.74, 6) is 9.76. The molecule has 0 unspecified atom stereocenters. The van der Waals surface area contributed by atoms with Crippen molar-refractivity contribution in [3.05, 3.63) is 85.5 Å². The second-order valence-electron chi connectivity index (χ2n) is 14.7. The number of hydrogen-bond donors (Lipinski definition) is 0. The molecule has 0 heterocycles. The summed E-state index contributed by atoms with van der Waals surface area (Å²) in [4.78, 5) is 3.51. The van der Waals surface area contributed by atoms with Gasteiger partial charge < -0.3 is 5.53 Å². The second-order valence-corrected chi connectivity index (χ2v) is 14.7. The molecular formula is C49H74N2. The lowest BCUT2D eigenvalue weighted by molar-refractivity contribution is 0.00770. The Bertz CT molecular complexity index is 1440. The normalized spacial score (nSPS) is 11.5. The summed E-state index contributed by atoms with van der Waals surface area (Å²) < 4.78 is 0. The summed E-state index contributed by atoms with van der Waals surface area (Å²) in [5.41, 5.74) is 25.1. The lowest BCUT2D eigenvalue weighted by atomic mass is 9.80. The van der Waals surface area contributed by atoms with E-state index < -0.39 is 0 Å². The number of rotatable bonds is 25. The van der Waals surface area contributed by atoms with Crippen molar-refractivity contribution in [2.24, 2.45) is 0 Å². The van der Waals surface area contributed by atoms with Crippen molar-refractivity contribution >= 4 is 11.4 Å². The van der Waals surface area contributed by atoms with Gasteiger partial charge in [0.05, 0.1) is 0 Å². The van der Waals surface area contributed by atoms with Gasteiger partial charge in [-0.3, -0.25) is 0 Å². The minimum atomic E-state index is 0.740. The van der Waals surface area contributed by atoms with Gasteiger partial charge in [-0.15, -0.1) is 4.79 Å². The van der Waals surface area contributed by atoms with Crippen LogP contribution in [0.4, 0.5) is 0 Å². The van der Waals surface area contributed by atoms with E-state index in [1.807, 2.05) is 0 Å². The molecule has 0 aliphatic rings. The maximum absolute atomic E-state index is 9.97. The Morgan fingerprint density at radius 2 is 0.941 bits per heavy atom. The highest BCUT2D eigenvalue weighted by atomic mass is 14.8. The summed E-state index contributed by atoms with van der Waals surface area (Å²) in [7, 11) is 0. The van der Waals surface area contributed by atoms with Gasteiger partial charge in [0, 0.05) is 6.42 Å². The van der Waals surface area contributed by atoms with Crippen LogP contribution in [0.25, 0.3) is 11.1 Å². The van der Waals surface area contributed by atoms with Gasteiger partial charge >= 0.3 is 5.87 Å². The van der Waals surface area contributed by atoms with Crippen LogP contribution in [0, 0.1) is 11.8 Å². The number of allylic oxidation sites excluding steroid dienone is 2. The van der Waals surface area contributed by atoms with Crippen molar-refractivity contribution in [3.63, 3.8) is 0 Å². The van der Waals surface area contributed by atoms with Gasteiger partial charge in [0.2, 0.25) is 0 Å². The van der Waals surface area contributed by atoms with Crippen molar-refractivity contribution in [1.82, 2.24) is 0 Å². The number of hydrogen-bond acceptors (Lipinski definition) is 0. The SMILES string of the molecule is CCC#CC(=C=[N+]=[N-])C(CCCCC)=C(c1cc(CCC)c(CCC)c(CCC)c1)c1cc(CCCCC)c(CCCCC)c(CCCCC)c1. The molecule has 0 aromatic heterocycles. The predicted molar refractivity (Wildman–Crippen MR) is 225 cm³/mol. The van der Waals surface area contributed by atoms with E-state index in [1.165, 1.54) is 97.6 Å². The van der Waals surface area contributed by atoms with E-state index in [0.29, 0.717) is 0 Å². The van der Waals surface area contributed by atoms with E-state index in [0.717, 1.165) is 89.0 Å². The minimum Gasteiger partial charge on any atom is -0.348 e. The molecule has 51 heavy (non-hydrogen) atoms. The first-order valence-corrected chi connectivity index (χ1v) is 21.5. The lowest BCUT2D eigenvalue weighted by Crippen LogP contribution is -2.08. The van der Waals surface area contributed by atoms with E-state index in [4.69, 9.17) is 0 Å². The van der Waals surface area contributed by atoms with Crippen LogP contribution in [-0.2, 0) is 38.5 Å². The van der Waals surface area contributed by atoms with Crippen LogP contribution in [0.15, 0.2) is 35.4 Å². The highest BCUT2D eigenvalue weighted by Gasteiger charge is 2.22. The monoisotopic (exact) mass is 691 g/mol. The number of benzene rings is 2. The van der Waals surface area contributed by atoms with Crippen LogP contribution in [0.3, 0.4) is 0 Å². The average molecular weight is 691 g/mol. The van der Waals surface area contributed by atoms with Crippen LogP contribution in [-0.4, -0.2) is 10.7 Å². The average Bonchev–Trinajstić information content (AvgIpc) is 3.12. The Hall–Kier alpha value is -3.10. The summed E-state index contributed by atoms with van der Waals surface area (Å²) in [5, 5.41) is 0. The fourth-order valence-corrected chi connectivity index (χ4v) is 7.73. The largest absolute Gasteiger partial charge is 0.348 e. The summed E-state index contributed by atoms with van der Waals surface area (Å²) in [6.07, 6.45) is 26.4. The molecule has 2 aromatic rings. The molecule has 0 spiro atoms. The van der Waals surface area contributed by atoms with Crippen molar-refractivity contribution in [2.75, 3.05) is 0 Å². The highest BCUT2D eigenvalue weighted by Crippen LogP contribution is 2.38. The van der Waals surface area contributed by atoms with Gasteiger partial charge in [-0.25, -0.2) is 0 Å². The molecule has 0 atom stereocenters. The third-order valence-corrected chi connectivity index (χ3v) is 10.3. The first-order valence-electron chi connectivity index (χ1n) is 21.5. The second kappa shape index (κ2) is 26.6. The summed E-state index contributed by atoms with van der Waals surface area (Å²) >= 11 is 0. The standard InChI is InChI=1S/C49H74N2/c1-9-17-22-30-41-36-45(37-42(31-23-18-10-2)47(41)32-24-19-11-3)49(48(33-25-20-12-4)43(38-51-50)29-21-13-5)44-34-39(26-14-6)46(28-16-8)40(35-44)27-15-7/h34-37H,9-20,22-28,30-33H2,1-8H3. The Kier molecular flexibility index (Phi) is 23.0. The van der Waals surface area contributed by atoms with Crippen LogP contribution < -0.4 is 0 Å². The van der Waals surface area contributed by atoms with E-state index in [-0.39, 0.29) is 0 Å². The zero-order chi connectivity index (χ0) is 37.3. The van der Waals surface area contributed by atoms with Crippen molar-refractivity contribution in [3.8, 4) is 11.8 Å². The van der Waals surface area contributed by atoms with E-state index >= 15 is 0 Å². The first kappa shape index (κ1) is 44.1. The van der Waals surface area contributed by atoms with Gasteiger partial charge in [0.15, 0.2) is 5.57 Å². The van der Waals surface area contributed by atoms with E-state index in [1.54, 1.807) is 22.3 Å². The van der Waals surface area contributed by atoms with Crippen LogP contribution in [0.2, 0.25) is 0 Å². The van der Waals surface area contributed by atoms with Crippen LogP contribution >= 0.6 is 0 Å². The number of unbranched alkanes of at least 4 members (excludes halogenated alkanes) is 8. The molecule has 0 bridgehead atoms. The Morgan fingerprint density at radius 1 is 0.510 bits per heavy atom. The number of nitrogens with zero attached hydrogens (tertiary/aromatic N) is 2. The summed E-state index contributed by atoms with van der Waals surface area (Å²) in [6.45, 7) is 18.3. The molecule has 0 N–H and O–H groups in total. The van der Waals surface area contributed by atoms with E-state index in [9.17, 15) is 5.53 Å². The molecule has 2 heteroatoms. The molecule has 0 aliphatic heterocycles. The molecule has 0 saturated carbocycles.